The lowest BCUT2D eigenvalue weighted by molar-refractivity contribution is 0.0557. The zero-order chi connectivity index (χ0) is 15.6. The van der Waals surface area contributed by atoms with Gasteiger partial charge in [0.1, 0.15) is 5.60 Å². The minimum atomic E-state index is -1.06. The fourth-order valence-electron chi connectivity index (χ4n) is 2.44. The van der Waals surface area contributed by atoms with Crippen molar-refractivity contribution in [3.8, 4) is 0 Å². The molecule has 1 amide bonds. The first kappa shape index (κ1) is 14.8. The number of carbonyl (C=O) groups is 1. The Morgan fingerprint density at radius 2 is 1.91 bits per heavy atom. The second-order valence-corrected chi connectivity index (χ2v) is 6.41. The van der Waals surface area contributed by atoms with Crippen LogP contribution in [-0.2, 0) is 5.60 Å². The second kappa shape index (κ2) is 5.91. The Morgan fingerprint density at radius 3 is 2.68 bits per heavy atom. The molecule has 0 spiro atoms. The molecule has 0 aliphatic heterocycles. The minimum Gasteiger partial charge on any atom is -0.383 e. The van der Waals surface area contributed by atoms with Gasteiger partial charge in [-0.3, -0.25) is 4.79 Å². The number of thiophene rings is 1. The standard InChI is InChI=1S/C18H17NO2S/c1-18(21,16-10-5-11-22-16)12-19-17(20)15-9-4-7-13-6-2-3-8-14(13)15/h2-11,21H,12H2,1H3,(H,19,20). The molecule has 22 heavy (non-hydrogen) atoms. The maximum atomic E-state index is 12.5. The summed E-state index contributed by atoms with van der Waals surface area (Å²) < 4.78 is 0. The van der Waals surface area contributed by atoms with Crippen LogP contribution in [0.15, 0.2) is 60.0 Å². The van der Waals surface area contributed by atoms with E-state index in [2.05, 4.69) is 5.32 Å². The van der Waals surface area contributed by atoms with Gasteiger partial charge in [-0.2, -0.15) is 0 Å². The Kier molecular flexibility index (Phi) is 3.96. The van der Waals surface area contributed by atoms with Crippen LogP contribution in [0.2, 0.25) is 0 Å². The summed E-state index contributed by atoms with van der Waals surface area (Å²) in [5, 5.41) is 17.2. The molecule has 3 rings (SSSR count). The van der Waals surface area contributed by atoms with Crippen LogP contribution in [0.3, 0.4) is 0 Å². The number of nitrogens with one attached hydrogen (secondary N) is 1. The molecule has 0 bridgehead atoms. The topological polar surface area (TPSA) is 49.3 Å². The molecule has 4 heteroatoms. The molecule has 0 saturated heterocycles. The number of hydrogen-bond donors (Lipinski definition) is 2. The molecular weight excluding hydrogens is 294 g/mol. The zero-order valence-corrected chi connectivity index (χ0v) is 13.1. The highest BCUT2D eigenvalue weighted by molar-refractivity contribution is 7.10. The van der Waals surface area contributed by atoms with Crippen molar-refractivity contribution in [1.82, 2.24) is 5.32 Å². The van der Waals surface area contributed by atoms with Gasteiger partial charge in [-0.15, -0.1) is 11.3 Å². The van der Waals surface area contributed by atoms with Gasteiger partial charge in [0, 0.05) is 10.4 Å². The summed E-state index contributed by atoms with van der Waals surface area (Å²) in [6.45, 7) is 1.89. The lowest BCUT2D eigenvalue weighted by Crippen LogP contribution is -2.38. The summed E-state index contributed by atoms with van der Waals surface area (Å²) in [5.41, 5.74) is -0.436. The Hall–Kier alpha value is -2.17. The number of carbonyl (C=O) groups excluding carboxylic acids is 1. The first-order chi connectivity index (χ1) is 10.6. The van der Waals surface area contributed by atoms with Gasteiger partial charge in [-0.05, 0) is 35.2 Å². The molecule has 0 radical (unpaired) electrons. The van der Waals surface area contributed by atoms with Gasteiger partial charge in [0.05, 0.1) is 6.54 Å². The molecule has 2 aromatic carbocycles. The van der Waals surface area contributed by atoms with Crippen molar-refractivity contribution in [2.24, 2.45) is 0 Å². The molecule has 2 N–H and O–H groups in total. The average molecular weight is 311 g/mol. The lowest BCUT2D eigenvalue weighted by Gasteiger charge is -2.22. The van der Waals surface area contributed by atoms with Crippen LogP contribution in [0, 0.1) is 0 Å². The predicted octanol–water partition coefficient (Wildman–Crippen LogP) is 3.54. The molecule has 112 valence electrons. The van der Waals surface area contributed by atoms with Crippen molar-refractivity contribution < 1.29 is 9.90 Å². The summed E-state index contributed by atoms with van der Waals surface area (Å²) in [6, 6.07) is 17.2. The summed E-state index contributed by atoms with van der Waals surface area (Å²) >= 11 is 1.48. The molecule has 3 nitrogen and oxygen atoms in total. The van der Waals surface area contributed by atoms with Crippen molar-refractivity contribution in [2.75, 3.05) is 6.54 Å². The van der Waals surface area contributed by atoms with Gasteiger partial charge in [-0.25, -0.2) is 0 Å². The quantitative estimate of drug-likeness (QED) is 0.774. The summed E-state index contributed by atoms with van der Waals surface area (Å²) in [5.74, 6) is -0.173. The largest absolute Gasteiger partial charge is 0.383 e. The molecule has 0 aliphatic rings. The molecule has 0 saturated carbocycles. The van der Waals surface area contributed by atoms with Crippen LogP contribution in [0.1, 0.15) is 22.2 Å². The zero-order valence-electron chi connectivity index (χ0n) is 12.2. The predicted molar refractivity (Wildman–Crippen MR) is 90.2 cm³/mol. The maximum absolute atomic E-state index is 12.5. The molecule has 3 aromatic rings. The van der Waals surface area contributed by atoms with E-state index in [0.29, 0.717) is 5.56 Å². The summed E-state index contributed by atoms with van der Waals surface area (Å²) in [4.78, 5) is 13.3. The third kappa shape index (κ3) is 2.89. The minimum absolute atomic E-state index is 0.173. The SMILES string of the molecule is CC(O)(CNC(=O)c1cccc2ccccc12)c1cccs1. The Bertz CT molecular complexity index is 788. The van der Waals surface area contributed by atoms with Crippen LogP contribution < -0.4 is 5.32 Å². The molecular formula is C18H17NO2S. The maximum Gasteiger partial charge on any atom is 0.252 e. The van der Waals surface area contributed by atoms with Crippen LogP contribution >= 0.6 is 11.3 Å². The van der Waals surface area contributed by atoms with E-state index in [1.807, 2.05) is 53.9 Å². The third-order valence-electron chi connectivity index (χ3n) is 3.68. The van der Waals surface area contributed by atoms with Crippen LogP contribution in [0.25, 0.3) is 10.8 Å². The lowest BCUT2D eigenvalue weighted by atomic mass is 10.0. The Morgan fingerprint density at radius 1 is 1.14 bits per heavy atom. The van der Waals surface area contributed by atoms with E-state index in [9.17, 15) is 9.90 Å². The molecule has 1 atom stereocenters. The van der Waals surface area contributed by atoms with Crippen LogP contribution in [0.4, 0.5) is 0 Å². The number of fused-ring (bicyclic) bond motifs is 1. The summed E-state index contributed by atoms with van der Waals surface area (Å²) in [6.07, 6.45) is 0. The van der Waals surface area contributed by atoms with Crippen molar-refractivity contribution in [1.29, 1.82) is 0 Å². The van der Waals surface area contributed by atoms with Crippen molar-refractivity contribution in [3.05, 3.63) is 70.4 Å². The number of hydrogen-bond acceptors (Lipinski definition) is 3. The first-order valence-electron chi connectivity index (χ1n) is 7.10. The average Bonchev–Trinajstić information content (AvgIpc) is 3.07. The summed E-state index contributed by atoms with van der Waals surface area (Å²) in [7, 11) is 0. The molecule has 1 heterocycles. The normalized spacial score (nSPS) is 13.7. The van der Waals surface area contributed by atoms with E-state index in [1.54, 1.807) is 13.0 Å². The van der Waals surface area contributed by atoms with E-state index in [-0.39, 0.29) is 12.5 Å². The fourth-order valence-corrected chi connectivity index (χ4v) is 3.23. The number of rotatable bonds is 4. The van der Waals surface area contributed by atoms with E-state index in [1.165, 1.54) is 11.3 Å². The van der Waals surface area contributed by atoms with E-state index < -0.39 is 5.60 Å². The number of amides is 1. The molecule has 0 aliphatic carbocycles. The van der Waals surface area contributed by atoms with Gasteiger partial charge >= 0.3 is 0 Å². The monoisotopic (exact) mass is 311 g/mol. The van der Waals surface area contributed by atoms with Gasteiger partial charge in [-0.1, -0.05) is 42.5 Å². The van der Waals surface area contributed by atoms with Gasteiger partial charge < -0.3 is 10.4 Å². The van der Waals surface area contributed by atoms with E-state index in [4.69, 9.17) is 0 Å². The van der Waals surface area contributed by atoms with Crippen molar-refractivity contribution in [2.45, 2.75) is 12.5 Å². The van der Waals surface area contributed by atoms with E-state index >= 15 is 0 Å². The fraction of sp³-hybridized carbons (Fsp3) is 0.167. The van der Waals surface area contributed by atoms with Gasteiger partial charge in [0.15, 0.2) is 0 Å². The van der Waals surface area contributed by atoms with Crippen LogP contribution in [0.5, 0.6) is 0 Å². The first-order valence-corrected chi connectivity index (χ1v) is 7.98. The van der Waals surface area contributed by atoms with Gasteiger partial charge in [0.2, 0.25) is 0 Å². The van der Waals surface area contributed by atoms with Crippen molar-refractivity contribution in [3.63, 3.8) is 0 Å². The molecule has 1 aromatic heterocycles. The van der Waals surface area contributed by atoms with Crippen LogP contribution in [-0.4, -0.2) is 17.6 Å². The van der Waals surface area contributed by atoms with E-state index in [0.717, 1.165) is 15.6 Å². The van der Waals surface area contributed by atoms with Gasteiger partial charge in [0.25, 0.3) is 5.91 Å². The second-order valence-electron chi connectivity index (χ2n) is 5.46. The third-order valence-corrected chi connectivity index (χ3v) is 4.80. The highest BCUT2D eigenvalue weighted by atomic mass is 32.1. The number of aliphatic hydroxyl groups is 1. The smallest absolute Gasteiger partial charge is 0.252 e. The molecule has 0 fully saturated rings. The Balaban J connectivity index is 1.80. The molecule has 1 unspecified atom stereocenters. The highest BCUT2D eigenvalue weighted by Gasteiger charge is 2.25. The highest BCUT2D eigenvalue weighted by Crippen LogP contribution is 2.25. The van der Waals surface area contributed by atoms with Crippen molar-refractivity contribution >= 4 is 28.0 Å². The Labute approximate surface area is 133 Å². The number of benzene rings is 2.